The molecule has 49 heavy (non-hydrogen) atoms. The van der Waals surface area contributed by atoms with Crippen molar-refractivity contribution in [3.63, 3.8) is 0 Å². The Kier molecular flexibility index (Phi) is 15.1. The van der Waals surface area contributed by atoms with Gasteiger partial charge in [0.05, 0.1) is 41.5 Å². The molecule has 0 aromatic carbocycles. The number of esters is 1. The van der Waals surface area contributed by atoms with Crippen molar-refractivity contribution in [2.75, 3.05) is 55.1 Å². The Morgan fingerprint density at radius 1 is 0.898 bits per heavy atom. The predicted molar refractivity (Wildman–Crippen MR) is 183 cm³/mol. The largest absolute Gasteiger partial charge is 0.464 e. The second kappa shape index (κ2) is 17.5. The van der Waals surface area contributed by atoms with Crippen LogP contribution >= 0.6 is 0 Å². The van der Waals surface area contributed by atoms with Gasteiger partial charge in [-0.3, -0.25) is 9.59 Å². The summed E-state index contributed by atoms with van der Waals surface area (Å²) in [6, 6.07) is -0.227. The van der Waals surface area contributed by atoms with Gasteiger partial charge in [-0.25, -0.2) is 0 Å². The van der Waals surface area contributed by atoms with Gasteiger partial charge in [0.15, 0.2) is 12.6 Å². The number of carbonyl (C=O) groups excluding carboxylic acids is 2. The number of aliphatic hydroxyl groups excluding tert-OH is 2. The Morgan fingerprint density at radius 3 is 2.12 bits per heavy atom. The fourth-order valence-corrected chi connectivity index (χ4v) is 7.99. The second-order valence-corrected chi connectivity index (χ2v) is 15.7. The lowest BCUT2D eigenvalue weighted by molar-refractivity contribution is -0.319. The average molecular weight is 703 g/mol. The lowest BCUT2D eigenvalue weighted by Crippen LogP contribution is -2.60. The average Bonchev–Trinajstić information content (AvgIpc) is 3.04. The minimum absolute atomic E-state index is 0.0896. The minimum atomic E-state index is -1.10. The molecule has 2 N–H and O–H groups in total. The standard InChI is InChI=1S/C36H66N2O11/c1-20-17-36(8,44-13)32(49-34-29(40)26(37(9)10)16-22(3)46-34)23(4)30(48-27-18-35(7,43-12)31(41)25(6)47-27)24(5)33(42)45-15-14-38(11)19-21(2)28(20)39/h20-27,29-32,34,40-41H,14-19H2,1-13H3/t20-,21-,22-,23+,24-,25+,26+,27+,29-,30+,31+,32-,34+,35-,36-/m1/s1. The van der Waals surface area contributed by atoms with Gasteiger partial charge in [0, 0.05) is 57.5 Å². The van der Waals surface area contributed by atoms with Crippen molar-refractivity contribution in [2.45, 2.75) is 141 Å². The third kappa shape index (κ3) is 10.00. The Balaban J connectivity index is 2.13. The highest BCUT2D eigenvalue weighted by Gasteiger charge is 2.52. The van der Waals surface area contributed by atoms with Crippen LogP contribution in [0.15, 0.2) is 0 Å². The van der Waals surface area contributed by atoms with Gasteiger partial charge in [0.1, 0.15) is 24.6 Å². The molecule has 286 valence electrons. The van der Waals surface area contributed by atoms with Crippen LogP contribution in [0, 0.1) is 23.7 Å². The van der Waals surface area contributed by atoms with Gasteiger partial charge in [-0.1, -0.05) is 20.8 Å². The third-order valence-corrected chi connectivity index (χ3v) is 11.3. The summed E-state index contributed by atoms with van der Waals surface area (Å²) in [6.07, 6.45) is -5.15. The van der Waals surface area contributed by atoms with E-state index in [-0.39, 0.29) is 36.9 Å². The summed E-state index contributed by atoms with van der Waals surface area (Å²) in [5, 5.41) is 22.4. The highest BCUT2D eigenvalue weighted by Crippen LogP contribution is 2.40. The Hall–Kier alpha value is -1.26. The third-order valence-electron chi connectivity index (χ3n) is 11.3. The molecule has 0 spiro atoms. The summed E-state index contributed by atoms with van der Waals surface area (Å²) in [5.41, 5.74) is -2.05. The van der Waals surface area contributed by atoms with Crippen LogP contribution in [0.1, 0.15) is 74.7 Å². The fraction of sp³-hybridized carbons (Fsp3) is 0.944. The van der Waals surface area contributed by atoms with Gasteiger partial charge in [0.2, 0.25) is 0 Å². The quantitative estimate of drug-likeness (QED) is 0.375. The molecule has 0 saturated carbocycles. The van der Waals surface area contributed by atoms with Crippen LogP contribution in [-0.4, -0.2) is 153 Å². The lowest BCUT2D eigenvalue weighted by atomic mass is 9.76. The molecule has 0 radical (unpaired) electrons. The van der Waals surface area contributed by atoms with Gasteiger partial charge in [-0.15, -0.1) is 0 Å². The lowest BCUT2D eigenvalue weighted by Gasteiger charge is -2.49. The maximum Gasteiger partial charge on any atom is 0.311 e. The second-order valence-electron chi connectivity index (χ2n) is 15.7. The Bertz CT molecular complexity index is 1080. The zero-order valence-corrected chi connectivity index (χ0v) is 32.2. The van der Waals surface area contributed by atoms with E-state index in [2.05, 4.69) is 0 Å². The number of ketones is 1. The minimum Gasteiger partial charge on any atom is -0.464 e. The molecule has 3 aliphatic heterocycles. The van der Waals surface area contributed by atoms with Crippen molar-refractivity contribution in [1.82, 2.24) is 9.80 Å². The van der Waals surface area contributed by atoms with E-state index < -0.39 is 78.0 Å². The van der Waals surface area contributed by atoms with E-state index in [1.54, 1.807) is 27.9 Å². The number of methoxy groups -OCH3 is 2. The molecule has 0 unspecified atom stereocenters. The first kappa shape index (κ1) is 42.2. The summed E-state index contributed by atoms with van der Waals surface area (Å²) >= 11 is 0. The number of ether oxygens (including phenoxy) is 7. The molecule has 0 aromatic rings. The number of nitrogens with zero attached hydrogens (tertiary/aromatic N) is 2. The molecule has 3 saturated heterocycles. The van der Waals surface area contributed by atoms with E-state index in [1.165, 1.54) is 7.11 Å². The molecule has 13 heteroatoms. The number of rotatable bonds is 7. The molecule has 0 bridgehead atoms. The summed E-state index contributed by atoms with van der Waals surface area (Å²) in [5.74, 6) is -2.42. The fourth-order valence-electron chi connectivity index (χ4n) is 7.99. The molecule has 3 heterocycles. The maximum absolute atomic E-state index is 13.7. The van der Waals surface area contributed by atoms with Crippen LogP contribution in [-0.2, 0) is 42.7 Å². The van der Waals surface area contributed by atoms with Crippen molar-refractivity contribution in [2.24, 2.45) is 23.7 Å². The summed E-state index contributed by atoms with van der Waals surface area (Å²) in [7, 11) is 8.85. The van der Waals surface area contributed by atoms with Crippen molar-refractivity contribution >= 4 is 11.8 Å². The van der Waals surface area contributed by atoms with E-state index in [4.69, 9.17) is 33.2 Å². The van der Waals surface area contributed by atoms with E-state index in [0.29, 0.717) is 25.9 Å². The number of Topliss-reactive ketones (excluding diaryl/α,β-unsaturated/α-hetero) is 1. The number of hydrogen-bond donors (Lipinski definition) is 2. The smallest absolute Gasteiger partial charge is 0.311 e. The predicted octanol–water partition coefficient (Wildman–Crippen LogP) is 2.48. The SMILES string of the molecule is CO[C@]1(C)C[C@@H](C)C(=O)[C@H](C)CN(C)CCOC(=O)[C@H](C)[C@@H](O[C@H]2C[C@@](C)(OC)[C@@H](O)[C@H](C)O2)[C@H](C)[C@H]1O[C@@H]1O[C@H](C)C[C@H](N(C)C)[C@H]1O. The van der Waals surface area contributed by atoms with E-state index in [1.807, 2.05) is 65.6 Å². The molecular formula is C36H66N2O11. The molecular weight excluding hydrogens is 636 g/mol. The molecule has 13 nitrogen and oxygen atoms in total. The normalized spacial score (nSPS) is 45.8. The molecule has 3 rings (SSSR count). The summed E-state index contributed by atoms with van der Waals surface area (Å²) in [4.78, 5) is 31.4. The molecule has 0 aromatic heterocycles. The van der Waals surface area contributed by atoms with Crippen LogP contribution in [0.25, 0.3) is 0 Å². The maximum atomic E-state index is 13.7. The van der Waals surface area contributed by atoms with Gasteiger partial charge < -0.3 is 53.2 Å². The van der Waals surface area contributed by atoms with Gasteiger partial charge in [0.25, 0.3) is 0 Å². The Morgan fingerprint density at radius 2 is 1.53 bits per heavy atom. The summed E-state index contributed by atoms with van der Waals surface area (Å²) in [6.45, 7) is 16.0. The van der Waals surface area contributed by atoms with Crippen LogP contribution in [0.4, 0.5) is 0 Å². The van der Waals surface area contributed by atoms with Crippen molar-refractivity contribution in [3.05, 3.63) is 0 Å². The number of cyclic esters (lactones) is 1. The number of aliphatic hydroxyl groups is 2. The molecule has 0 amide bonds. The Labute approximate surface area is 294 Å². The van der Waals surface area contributed by atoms with Gasteiger partial charge in [-0.2, -0.15) is 0 Å². The van der Waals surface area contributed by atoms with Crippen molar-refractivity contribution in [1.29, 1.82) is 0 Å². The van der Waals surface area contributed by atoms with E-state index in [0.717, 1.165) is 0 Å². The van der Waals surface area contributed by atoms with Crippen LogP contribution in [0.3, 0.4) is 0 Å². The van der Waals surface area contributed by atoms with Crippen LogP contribution in [0.2, 0.25) is 0 Å². The molecule has 3 aliphatic rings. The molecule has 0 aliphatic carbocycles. The van der Waals surface area contributed by atoms with Gasteiger partial charge in [-0.05, 0) is 68.6 Å². The van der Waals surface area contributed by atoms with Crippen LogP contribution in [0.5, 0.6) is 0 Å². The number of hydrogen-bond acceptors (Lipinski definition) is 13. The van der Waals surface area contributed by atoms with Gasteiger partial charge >= 0.3 is 5.97 Å². The van der Waals surface area contributed by atoms with E-state index >= 15 is 0 Å². The first-order valence-electron chi connectivity index (χ1n) is 17.9. The van der Waals surface area contributed by atoms with Crippen LogP contribution < -0.4 is 0 Å². The molecule has 15 atom stereocenters. The molecule has 3 fully saturated rings. The zero-order chi connectivity index (χ0) is 37.0. The first-order valence-corrected chi connectivity index (χ1v) is 17.9. The first-order chi connectivity index (χ1) is 22.8. The van der Waals surface area contributed by atoms with Crippen molar-refractivity contribution < 1.29 is 53.0 Å². The monoisotopic (exact) mass is 702 g/mol. The van der Waals surface area contributed by atoms with Crippen molar-refractivity contribution in [3.8, 4) is 0 Å². The highest BCUT2D eigenvalue weighted by atomic mass is 16.7. The highest BCUT2D eigenvalue weighted by molar-refractivity contribution is 5.83. The summed E-state index contributed by atoms with van der Waals surface area (Å²) < 4.78 is 43.8. The zero-order valence-electron chi connectivity index (χ0n) is 32.2. The van der Waals surface area contributed by atoms with E-state index in [9.17, 15) is 19.8 Å². The number of carbonyl (C=O) groups is 2. The number of likely N-dealkylation sites (N-methyl/N-ethyl adjacent to an activating group) is 2. The topological polar surface area (TPSA) is 146 Å².